The van der Waals surface area contributed by atoms with Crippen molar-refractivity contribution in [2.45, 2.75) is 5.75 Å². The summed E-state index contributed by atoms with van der Waals surface area (Å²) in [5.41, 5.74) is 0.986. The molecule has 110 valence electrons. The second-order valence-corrected chi connectivity index (χ2v) is 5.41. The zero-order valence-electron chi connectivity index (χ0n) is 10.5. The molecule has 7 nitrogen and oxygen atoms in total. The smallest absolute Gasteiger partial charge is 0.294 e. The Bertz CT molecular complexity index is 711. The van der Waals surface area contributed by atoms with Gasteiger partial charge in [0.15, 0.2) is 0 Å². The minimum atomic E-state index is -2.23. The average molecular weight is 327 g/mol. The summed E-state index contributed by atoms with van der Waals surface area (Å²) >= 11 is 3.50. The Morgan fingerprint density at radius 1 is 1.33 bits per heavy atom. The maximum atomic E-state index is 11.0. The molecular weight excluding hydrogens is 318 g/mol. The van der Waals surface area contributed by atoms with E-state index in [4.69, 9.17) is 11.6 Å². The van der Waals surface area contributed by atoms with E-state index in [1.807, 2.05) is 0 Å². The van der Waals surface area contributed by atoms with Crippen LogP contribution < -0.4 is 5.32 Å². The molecule has 0 aliphatic heterocycles. The molecule has 1 aromatic carbocycles. The zero-order valence-corrected chi connectivity index (χ0v) is 12.1. The molecule has 0 bridgehead atoms. The van der Waals surface area contributed by atoms with Gasteiger partial charge in [-0.1, -0.05) is 22.7 Å². The highest BCUT2D eigenvalue weighted by Gasteiger charge is 2.14. The number of nitro benzene ring substituents is 1. The molecule has 0 spiro atoms. The lowest BCUT2D eigenvalue weighted by molar-refractivity contribution is -0.383. The third-order valence-electron chi connectivity index (χ3n) is 2.51. The van der Waals surface area contributed by atoms with E-state index in [0.29, 0.717) is 11.3 Å². The van der Waals surface area contributed by atoms with E-state index in [2.05, 4.69) is 10.3 Å². The molecule has 1 aromatic heterocycles. The molecule has 0 fully saturated rings. The summed E-state index contributed by atoms with van der Waals surface area (Å²) in [5, 5.41) is 14.1. The van der Waals surface area contributed by atoms with E-state index in [1.165, 1.54) is 30.6 Å². The standard InChI is InChI=1S/C12H10ClN3O4S/c13-9-1-2-11(12(4-9)16(17)18)15-10-3-8(5-14-6-10)7-21(19)20/h1-6,15H,7H2,(H,19,20)/p-1. The molecule has 0 radical (unpaired) electrons. The Morgan fingerprint density at radius 3 is 2.76 bits per heavy atom. The van der Waals surface area contributed by atoms with Crippen LogP contribution in [0.4, 0.5) is 17.1 Å². The summed E-state index contributed by atoms with van der Waals surface area (Å²) in [6.45, 7) is 0. The van der Waals surface area contributed by atoms with Crippen molar-refractivity contribution in [2.75, 3.05) is 5.32 Å². The van der Waals surface area contributed by atoms with Crippen LogP contribution in [0, 0.1) is 10.1 Å². The zero-order chi connectivity index (χ0) is 15.4. The number of pyridine rings is 1. The van der Waals surface area contributed by atoms with E-state index in [9.17, 15) is 18.9 Å². The molecule has 0 saturated carbocycles. The van der Waals surface area contributed by atoms with Crippen LogP contribution >= 0.6 is 11.6 Å². The first-order valence-electron chi connectivity index (χ1n) is 5.66. The Hall–Kier alpha value is -2.03. The predicted molar refractivity (Wildman–Crippen MR) is 78.2 cm³/mol. The minimum absolute atomic E-state index is 0.175. The largest absolute Gasteiger partial charge is 0.772 e. The molecule has 9 heteroatoms. The van der Waals surface area contributed by atoms with Crippen molar-refractivity contribution in [2.24, 2.45) is 0 Å². The number of halogens is 1. The number of aromatic nitrogens is 1. The highest BCUT2D eigenvalue weighted by molar-refractivity contribution is 7.78. The Balaban J connectivity index is 2.30. The van der Waals surface area contributed by atoms with Gasteiger partial charge in [0, 0.05) is 23.0 Å². The summed E-state index contributed by atoms with van der Waals surface area (Å²) in [6, 6.07) is 5.77. The van der Waals surface area contributed by atoms with Crippen LogP contribution in [0.15, 0.2) is 36.7 Å². The molecule has 0 aliphatic carbocycles. The van der Waals surface area contributed by atoms with Gasteiger partial charge in [-0.25, -0.2) is 0 Å². The molecule has 21 heavy (non-hydrogen) atoms. The maximum Gasteiger partial charge on any atom is 0.294 e. The van der Waals surface area contributed by atoms with E-state index in [0.717, 1.165) is 0 Å². The topological polar surface area (TPSA) is 108 Å². The molecule has 1 N–H and O–H groups in total. The number of anilines is 2. The molecular formula is C12H9ClN3O4S-. The lowest BCUT2D eigenvalue weighted by atomic mass is 10.2. The maximum absolute atomic E-state index is 11.0. The Labute approximate surface area is 127 Å². The second-order valence-electron chi connectivity index (χ2n) is 4.07. The lowest BCUT2D eigenvalue weighted by Crippen LogP contribution is -1.99. The molecule has 1 heterocycles. The first kappa shape index (κ1) is 15.4. The van der Waals surface area contributed by atoms with Gasteiger partial charge in [-0.3, -0.25) is 19.3 Å². The molecule has 0 amide bonds. The molecule has 0 aliphatic rings. The van der Waals surface area contributed by atoms with Gasteiger partial charge in [0.1, 0.15) is 5.69 Å². The predicted octanol–water partition coefficient (Wildman–Crippen LogP) is 2.77. The van der Waals surface area contributed by atoms with Gasteiger partial charge in [-0.05, 0) is 23.8 Å². The summed E-state index contributed by atoms with van der Waals surface area (Å²) in [6.07, 6.45) is 2.85. The first-order chi connectivity index (χ1) is 9.95. The first-order valence-corrected chi connectivity index (χ1v) is 7.28. The third kappa shape index (κ3) is 4.22. The number of nitrogens with zero attached hydrogens (tertiary/aromatic N) is 2. The van der Waals surface area contributed by atoms with Crippen LogP contribution in [0.2, 0.25) is 5.02 Å². The van der Waals surface area contributed by atoms with Crippen LogP contribution in [0.5, 0.6) is 0 Å². The number of benzene rings is 1. The fourth-order valence-corrected chi connectivity index (χ4v) is 2.28. The third-order valence-corrected chi connectivity index (χ3v) is 3.32. The van der Waals surface area contributed by atoms with Crippen LogP contribution in [-0.2, 0) is 16.8 Å². The van der Waals surface area contributed by atoms with Gasteiger partial charge < -0.3 is 9.87 Å². The normalized spacial score (nSPS) is 11.9. The van der Waals surface area contributed by atoms with Crippen molar-refractivity contribution in [1.29, 1.82) is 0 Å². The van der Waals surface area contributed by atoms with E-state index in [-0.39, 0.29) is 22.2 Å². The monoisotopic (exact) mass is 326 g/mol. The molecule has 2 aromatic rings. The fraction of sp³-hybridized carbons (Fsp3) is 0.0833. The van der Waals surface area contributed by atoms with Crippen molar-refractivity contribution < 1.29 is 13.7 Å². The van der Waals surface area contributed by atoms with Crippen molar-refractivity contribution in [1.82, 2.24) is 4.98 Å². The quantitative estimate of drug-likeness (QED) is 0.514. The van der Waals surface area contributed by atoms with Crippen LogP contribution in [0.1, 0.15) is 5.56 Å². The minimum Gasteiger partial charge on any atom is -0.772 e. The second kappa shape index (κ2) is 6.61. The number of nitro groups is 1. The molecule has 0 saturated heterocycles. The summed E-state index contributed by atoms with van der Waals surface area (Å²) in [5.74, 6) is -0.175. The highest BCUT2D eigenvalue weighted by atomic mass is 35.5. The highest BCUT2D eigenvalue weighted by Crippen LogP contribution is 2.30. The van der Waals surface area contributed by atoms with Crippen molar-refractivity contribution >= 4 is 39.7 Å². The summed E-state index contributed by atoms with van der Waals surface area (Å²) in [4.78, 5) is 14.3. The van der Waals surface area contributed by atoms with Gasteiger partial charge in [0.25, 0.3) is 5.69 Å². The SMILES string of the molecule is O=[N+]([O-])c1cc(Cl)ccc1Nc1cncc(CS(=O)[O-])c1. The fourth-order valence-electron chi connectivity index (χ4n) is 1.69. The lowest BCUT2D eigenvalue weighted by Gasteiger charge is -2.09. The van der Waals surface area contributed by atoms with Gasteiger partial charge in [-0.15, -0.1) is 0 Å². The Kier molecular flexibility index (Phi) is 4.84. The Morgan fingerprint density at radius 2 is 2.10 bits per heavy atom. The molecule has 2 rings (SSSR count). The molecule has 1 atom stereocenters. The van der Waals surface area contributed by atoms with Crippen molar-refractivity contribution in [3.05, 3.63) is 57.4 Å². The van der Waals surface area contributed by atoms with Gasteiger partial charge in [0.05, 0.1) is 16.8 Å². The summed E-state index contributed by atoms with van der Waals surface area (Å²) in [7, 11) is 0. The van der Waals surface area contributed by atoms with Gasteiger partial charge in [-0.2, -0.15) is 0 Å². The molecule has 1 unspecified atom stereocenters. The van der Waals surface area contributed by atoms with E-state index >= 15 is 0 Å². The van der Waals surface area contributed by atoms with E-state index in [1.54, 1.807) is 6.07 Å². The average Bonchev–Trinajstić information content (AvgIpc) is 2.40. The number of hydrogen-bond acceptors (Lipinski definition) is 6. The summed E-state index contributed by atoms with van der Waals surface area (Å²) < 4.78 is 21.3. The van der Waals surface area contributed by atoms with E-state index < -0.39 is 16.0 Å². The number of rotatable bonds is 5. The van der Waals surface area contributed by atoms with Gasteiger partial charge in [0.2, 0.25) is 0 Å². The number of nitrogens with one attached hydrogen (secondary N) is 1. The number of hydrogen-bond donors (Lipinski definition) is 1. The van der Waals surface area contributed by atoms with Crippen LogP contribution in [0.3, 0.4) is 0 Å². The van der Waals surface area contributed by atoms with Crippen molar-refractivity contribution in [3.8, 4) is 0 Å². The van der Waals surface area contributed by atoms with Gasteiger partial charge >= 0.3 is 0 Å². The van der Waals surface area contributed by atoms with Crippen molar-refractivity contribution in [3.63, 3.8) is 0 Å². The van der Waals surface area contributed by atoms with Crippen LogP contribution in [0.25, 0.3) is 0 Å². The van der Waals surface area contributed by atoms with Crippen LogP contribution in [-0.4, -0.2) is 18.7 Å².